The summed E-state index contributed by atoms with van der Waals surface area (Å²) < 4.78 is 10.2. The lowest BCUT2D eigenvalue weighted by Gasteiger charge is -2.30. The van der Waals surface area contributed by atoms with Crippen molar-refractivity contribution in [1.29, 1.82) is 0 Å². The number of ether oxygens (including phenoxy) is 2. The van der Waals surface area contributed by atoms with Crippen LogP contribution >= 0.6 is 0 Å². The van der Waals surface area contributed by atoms with Gasteiger partial charge in [0.05, 0.1) is 19.9 Å². The zero-order valence-corrected chi connectivity index (χ0v) is 15.7. The number of nitrogens with zero attached hydrogens (tertiary/aromatic N) is 1. The number of ketones is 1. The lowest BCUT2D eigenvalue weighted by molar-refractivity contribution is -0.143. The molecule has 2 aliphatic rings. The molecule has 0 bridgehead atoms. The summed E-state index contributed by atoms with van der Waals surface area (Å²) >= 11 is 0. The Morgan fingerprint density at radius 2 is 1.82 bits per heavy atom. The molecule has 1 unspecified atom stereocenters. The lowest BCUT2D eigenvalue weighted by Crippen LogP contribution is -2.34. The van der Waals surface area contributed by atoms with Gasteiger partial charge in [-0.2, -0.15) is 0 Å². The fraction of sp³-hybridized carbons (Fsp3) is 0.227. The highest BCUT2D eigenvalue weighted by Gasteiger charge is 2.46. The number of rotatable bonds is 3. The molecule has 1 aliphatic heterocycles. The van der Waals surface area contributed by atoms with Gasteiger partial charge in [-0.3, -0.25) is 14.6 Å². The zero-order chi connectivity index (χ0) is 20.0. The van der Waals surface area contributed by atoms with E-state index in [0.717, 1.165) is 5.56 Å². The van der Waals surface area contributed by atoms with E-state index in [0.29, 0.717) is 28.1 Å². The summed E-state index contributed by atoms with van der Waals surface area (Å²) in [5.74, 6) is -1.68. The average molecular weight is 377 g/mol. The highest BCUT2D eigenvalue weighted by atomic mass is 16.5. The van der Waals surface area contributed by atoms with Crippen LogP contribution in [0.5, 0.6) is 11.5 Å². The van der Waals surface area contributed by atoms with Crippen LogP contribution in [0.1, 0.15) is 34.3 Å². The number of hydrogen-bond donors (Lipinski definition) is 1. The first-order chi connectivity index (χ1) is 13.5. The van der Waals surface area contributed by atoms with Crippen molar-refractivity contribution in [3.05, 3.63) is 64.7 Å². The van der Waals surface area contributed by atoms with Crippen LogP contribution in [0.15, 0.2) is 53.0 Å². The SMILES string of the molecule is COC(=O)C1C(C)=NC2=C(C(=O)c3ccccc32)[C@@H]1c1ccc(O)c(OC)c1. The van der Waals surface area contributed by atoms with Crippen molar-refractivity contribution < 1.29 is 24.2 Å². The number of carbonyl (C=O) groups excluding carboxylic acids is 2. The van der Waals surface area contributed by atoms with E-state index in [1.54, 1.807) is 25.1 Å². The van der Waals surface area contributed by atoms with Crippen molar-refractivity contribution in [3.63, 3.8) is 0 Å². The van der Waals surface area contributed by atoms with E-state index in [1.807, 2.05) is 18.2 Å². The monoisotopic (exact) mass is 377 g/mol. The Morgan fingerprint density at radius 3 is 2.50 bits per heavy atom. The Labute approximate surface area is 162 Å². The van der Waals surface area contributed by atoms with Crippen LogP contribution in [0.3, 0.4) is 0 Å². The number of methoxy groups -OCH3 is 2. The standard InChI is InChI=1S/C22H19NO5/c1-11-17(22(26)28-3)18(12-8-9-15(24)16(10-12)27-2)19-20(23-11)13-6-4-5-7-14(13)21(19)25/h4-10,17-18,24H,1-3H3/t17?,18-/m1/s1. The minimum atomic E-state index is -0.740. The van der Waals surface area contributed by atoms with E-state index in [1.165, 1.54) is 20.3 Å². The molecule has 2 atom stereocenters. The van der Waals surface area contributed by atoms with Crippen molar-refractivity contribution >= 4 is 23.2 Å². The third kappa shape index (κ3) is 2.52. The Hall–Kier alpha value is -3.41. The highest BCUT2D eigenvalue weighted by molar-refractivity contribution is 6.24. The first-order valence-electron chi connectivity index (χ1n) is 8.86. The van der Waals surface area contributed by atoms with Gasteiger partial charge >= 0.3 is 5.97 Å². The second kappa shape index (κ2) is 6.64. The summed E-state index contributed by atoms with van der Waals surface area (Å²) in [4.78, 5) is 30.5. The van der Waals surface area contributed by atoms with Gasteiger partial charge in [-0.1, -0.05) is 30.3 Å². The predicted octanol–water partition coefficient (Wildman–Crippen LogP) is 3.36. The number of fused-ring (bicyclic) bond motifs is 2. The Kier molecular flexibility index (Phi) is 4.26. The third-order valence-corrected chi connectivity index (χ3v) is 5.33. The number of phenolic OH excluding ortho intramolecular Hbond substituents is 1. The smallest absolute Gasteiger partial charge is 0.315 e. The quantitative estimate of drug-likeness (QED) is 0.829. The first kappa shape index (κ1) is 18.0. The van der Waals surface area contributed by atoms with Gasteiger partial charge in [-0.15, -0.1) is 0 Å². The van der Waals surface area contributed by atoms with E-state index in [9.17, 15) is 14.7 Å². The third-order valence-electron chi connectivity index (χ3n) is 5.33. The molecule has 4 rings (SSSR count). The molecule has 6 nitrogen and oxygen atoms in total. The lowest BCUT2D eigenvalue weighted by atomic mass is 9.75. The fourth-order valence-electron chi connectivity index (χ4n) is 4.03. The summed E-state index contributed by atoms with van der Waals surface area (Å²) in [6.07, 6.45) is 0. The van der Waals surface area contributed by atoms with Crippen molar-refractivity contribution in [2.45, 2.75) is 12.8 Å². The van der Waals surface area contributed by atoms with Gasteiger partial charge in [0.15, 0.2) is 17.3 Å². The molecule has 2 aromatic rings. The topological polar surface area (TPSA) is 85.2 Å². The second-order valence-corrected chi connectivity index (χ2v) is 6.80. The van der Waals surface area contributed by atoms with Crippen molar-refractivity contribution in [2.75, 3.05) is 14.2 Å². The molecule has 0 fully saturated rings. The first-order valence-corrected chi connectivity index (χ1v) is 8.86. The molecule has 0 spiro atoms. The van der Waals surface area contributed by atoms with E-state index < -0.39 is 17.8 Å². The van der Waals surface area contributed by atoms with E-state index in [2.05, 4.69) is 4.99 Å². The number of Topliss-reactive ketones (excluding diaryl/α,β-unsaturated/α-hetero) is 1. The van der Waals surface area contributed by atoms with Crippen molar-refractivity contribution in [1.82, 2.24) is 0 Å². The van der Waals surface area contributed by atoms with Gasteiger partial charge in [-0.25, -0.2) is 0 Å². The van der Waals surface area contributed by atoms with Gasteiger partial charge in [0.25, 0.3) is 0 Å². The second-order valence-electron chi connectivity index (χ2n) is 6.80. The van der Waals surface area contributed by atoms with Crippen LogP contribution in [0, 0.1) is 5.92 Å². The summed E-state index contributed by atoms with van der Waals surface area (Å²) in [5, 5.41) is 9.97. The molecule has 2 aromatic carbocycles. The molecule has 0 amide bonds. The number of carbonyl (C=O) groups is 2. The summed E-state index contributed by atoms with van der Waals surface area (Å²) in [7, 11) is 2.77. The number of phenols is 1. The predicted molar refractivity (Wildman–Crippen MR) is 104 cm³/mol. The maximum absolute atomic E-state index is 13.2. The maximum Gasteiger partial charge on any atom is 0.315 e. The van der Waals surface area contributed by atoms with Crippen LogP contribution in [-0.2, 0) is 9.53 Å². The minimum Gasteiger partial charge on any atom is -0.504 e. The molecule has 1 N–H and O–H groups in total. The van der Waals surface area contributed by atoms with Gasteiger partial charge in [0, 0.05) is 28.3 Å². The molecule has 0 aromatic heterocycles. The van der Waals surface area contributed by atoms with Crippen LogP contribution in [-0.4, -0.2) is 36.8 Å². The Morgan fingerprint density at radius 1 is 1.11 bits per heavy atom. The Bertz CT molecular complexity index is 1070. The highest BCUT2D eigenvalue weighted by Crippen LogP contribution is 2.48. The molecule has 1 aliphatic carbocycles. The van der Waals surface area contributed by atoms with E-state index >= 15 is 0 Å². The number of benzene rings is 2. The van der Waals surface area contributed by atoms with E-state index in [-0.39, 0.29) is 17.3 Å². The molecular formula is C22H19NO5. The number of allylic oxidation sites excluding steroid dienone is 1. The van der Waals surface area contributed by atoms with Crippen molar-refractivity contribution in [2.24, 2.45) is 10.9 Å². The zero-order valence-electron chi connectivity index (χ0n) is 15.7. The van der Waals surface area contributed by atoms with Gasteiger partial charge in [0.2, 0.25) is 0 Å². The molecule has 6 heteroatoms. The fourth-order valence-corrected chi connectivity index (χ4v) is 4.03. The summed E-state index contributed by atoms with van der Waals surface area (Å²) in [6, 6.07) is 12.1. The van der Waals surface area contributed by atoms with Crippen molar-refractivity contribution in [3.8, 4) is 11.5 Å². The largest absolute Gasteiger partial charge is 0.504 e. The van der Waals surface area contributed by atoms with Gasteiger partial charge < -0.3 is 14.6 Å². The molecule has 28 heavy (non-hydrogen) atoms. The number of aliphatic imine (C=N–C) groups is 1. The normalized spacial score (nSPS) is 20.4. The molecule has 0 saturated carbocycles. The van der Waals surface area contributed by atoms with E-state index in [4.69, 9.17) is 9.47 Å². The molecule has 142 valence electrons. The maximum atomic E-state index is 13.2. The number of esters is 1. The summed E-state index contributed by atoms with van der Waals surface area (Å²) in [6.45, 7) is 1.77. The molecular weight excluding hydrogens is 358 g/mol. The van der Waals surface area contributed by atoms with Crippen LogP contribution in [0.4, 0.5) is 0 Å². The molecule has 0 radical (unpaired) electrons. The van der Waals surface area contributed by atoms with Gasteiger partial charge in [-0.05, 0) is 24.6 Å². The minimum absolute atomic E-state index is 0.0164. The number of hydrogen-bond acceptors (Lipinski definition) is 6. The number of aromatic hydroxyl groups is 1. The molecule has 0 saturated heterocycles. The summed E-state index contributed by atoms with van der Waals surface area (Å²) in [5.41, 5.74) is 3.65. The van der Waals surface area contributed by atoms with Gasteiger partial charge in [0.1, 0.15) is 5.92 Å². The van der Waals surface area contributed by atoms with Crippen LogP contribution < -0.4 is 4.74 Å². The van der Waals surface area contributed by atoms with Crippen LogP contribution in [0.25, 0.3) is 5.70 Å². The Balaban J connectivity index is 1.96. The molecule has 1 heterocycles. The van der Waals surface area contributed by atoms with Crippen LogP contribution in [0.2, 0.25) is 0 Å². The average Bonchev–Trinajstić information content (AvgIpc) is 2.99.